The summed E-state index contributed by atoms with van der Waals surface area (Å²) >= 11 is 0. The first-order valence-corrected chi connectivity index (χ1v) is 7.66. The number of halogens is 2. The number of piperazine rings is 1. The first-order valence-electron chi connectivity index (χ1n) is 6.15. The van der Waals surface area contributed by atoms with E-state index in [0.29, 0.717) is 19.5 Å². The summed E-state index contributed by atoms with van der Waals surface area (Å²) < 4.78 is 48.2. The topological polar surface area (TPSA) is 90.5 Å². The van der Waals surface area contributed by atoms with Crippen LogP contribution < -0.4 is 5.73 Å². The maximum Gasteiger partial charge on any atom is 0.350 e. The zero-order valence-corrected chi connectivity index (χ0v) is 11.7. The summed E-state index contributed by atoms with van der Waals surface area (Å²) in [7, 11) is -4.49. The molecule has 0 bridgehead atoms. The average molecular weight is 298 g/mol. The SMILES string of the molecule is CCCC(C(=N)N)N1CCN(S(=O)(=O)C(F)F)CC1. The molecular formula is C10H20F2N4O2S. The molecule has 9 heteroatoms. The lowest BCUT2D eigenvalue weighted by atomic mass is 10.1. The summed E-state index contributed by atoms with van der Waals surface area (Å²) in [4.78, 5) is 1.88. The molecule has 0 amide bonds. The molecule has 1 aliphatic heterocycles. The molecule has 0 aromatic carbocycles. The number of nitrogens with one attached hydrogen (secondary N) is 1. The van der Waals surface area contributed by atoms with Gasteiger partial charge in [0.1, 0.15) is 5.84 Å². The standard InChI is InChI=1S/C10H20F2N4O2S/c1-2-3-8(9(13)14)15-4-6-16(7-5-15)19(17,18)10(11)12/h8,10H,2-7H2,1H3,(H3,13,14). The largest absolute Gasteiger partial charge is 0.386 e. The minimum Gasteiger partial charge on any atom is -0.386 e. The lowest BCUT2D eigenvalue weighted by molar-refractivity contribution is 0.149. The number of sulfonamides is 1. The third kappa shape index (κ3) is 3.83. The lowest BCUT2D eigenvalue weighted by Gasteiger charge is -2.38. The van der Waals surface area contributed by atoms with Crippen molar-refractivity contribution in [2.24, 2.45) is 5.73 Å². The zero-order valence-electron chi connectivity index (χ0n) is 10.8. The molecule has 1 aliphatic rings. The van der Waals surface area contributed by atoms with Gasteiger partial charge in [0.25, 0.3) is 10.0 Å². The highest BCUT2D eigenvalue weighted by molar-refractivity contribution is 7.89. The van der Waals surface area contributed by atoms with Crippen LogP contribution in [-0.4, -0.2) is 61.4 Å². The highest BCUT2D eigenvalue weighted by atomic mass is 32.2. The summed E-state index contributed by atoms with van der Waals surface area (Å²) in [5, 5.41) is 7.52. The molecule has 19 heavy (non-hydrogen) atoms. The Morgan fingerprint density at radius 1 is 1.32 bits per heavy atom. The Hall–Kier alpha value is -0.800. The highest BCUT2D eigenvalue weighted by Crippen LogP contribution is 2.17. The number of hydrogen-bond donors (Lipinski definition) is 2. The molecule has 0 spiro atoms. The fraction of sp³-hybridized carbons (Fsp3) is 0.900. The molecule has 0 aromatic heterocycles. The van der Waals surface area contributed by atoms with Crippen molar-refractivity contribution in [3.8, 4) is 0 Å². The van der Waals surface area contributed by atoms with Crippen molar-refractivity contribution in [1.29, 1.82) is 5.41 Å². The van der Waals surface area contributed by atoms with Crippen LogP contribution >= 0.6 is 0 Å². The third-order valence-corrected chi connectivity index (χ3v) is 4.76. The average Bonchev–Trinajstić information content (AvgIpc) is 2.35. The van der Waals surface area contributed by atoms with E-state index < -0.39 is 15.8 Å². The molecule has 3 N–H and O–H groups in total. The maximum atomic E-state index is 12.4. The first kappa shape index (κ1) is 16.3. The normalized spacial score (nSPS) is 20.6. The minimum absolute atomic E-state index is 0.0141. The molecule has 0 radical (unpaired) electrons. The fourth-order valence-electron chi connectivity index (χ4n) is 2.19. The number of amidine groups is 1. The highest BCUT2D eigenvalue weighted by Gasteiger charge is 2.35. The van der Waals surface area contributed by atoms with E-state index in [9.17, 15) is 17.2 Å². The zero-order chi connectivity index (χ0) is 14.6. The van der Waals surface area contributed by atoms with Crippen LogP contribution in [0.25, 0.3) is 0 Å². The van der Waals surface area contributed by atoms with Crippen molar-refractivity contribution in [1.82, 2.24) is 9.21 Å². The van der Waals surface area contributed by atoms with Gasteiger partial charge in [0.05, 0.1) is 6.04 Å². The van der Waals surface area contributed by atoms with Crippen LogP contribution in [0.5, 0.6) is 0 Å². The molecule has 6 nitrogen and oxygen atoms in total. The van der Waals surface area contributed by atoms with Crippen molar-refractivity contribution in [3.05, 3.63) is 0 Å². The fourth-order valence-corrected chi connectivity index (χ4v) is 3.09. The number of hydrogen-bond acceptors (Lipinski definition) is 4. The molecule has 0 aromatic rings. The number of nitrogens with two attached hydrogens (primary N) is 1. The van der Waals surface area contributed by atoms with Gasteiger partial charge in [0.15, 0.2) is 0 Å². The second kappa shape index (κ2) is 6.58. The van der Waals surface area contributed by atoms with E-state index in [2.05, 4.69) is 0 Å². The van der Waals surface area contributed by atoms with Gasteiger partial charge in [-0.2, -0.15) is 13.1 Å². The van der Waals surface area contributed by atoms with Crippen molar-refractivity contribution in [3.63, 3.8) is 0 Å². The molecule has 1 heterocycles. The van der Waals surface area contributed by atoms with Crippen molar-refractivity contribution in [2.75, 3.05) is 26.2 Å². The van der Waals surface area contributed by atoms with Crippen LogP contribution in [0, 0.1) is 5.41 Å². The Kier molecular flexibility index (Phi) is 5.63. The maximum absolute atomic E-state index is 12.4. The molecule has 1 atom stereocenters. The Balaban J connectivity index is 2.64. The second-order valence-electron chi connectivity index (χ2n) is 4.50. The molecular weight excluding hydrogens is 278 g/mol. The van der Waals surface area contributed by atoms with E-state index in [-0.39, 0.29) is 25.0 Å². The van der Waals surface area contributed by atoms with Crippen LogP contribution in [-0.2, 0) is 10.0 Å². The van der Waals surface area contributed by atoms with Gasteiger partial charge in [0.2, 0.25) is 0 Å². The number of alkyl halides is 2. The van der Waals surface area contributed by atoms with Crippen molar-refractivity contribution < 1.29 is 17.2 Å². The van der Waals surface area contributed by atoms with Gasteiger partial charge in [-0.1, -0.05) is 13.3 Å². The van der Waals surface area contributed by atoms with Gasteiger partial charge >= 0.3 is 5.76 Å². The van der Waals surface area contributed by atoms with Crippen LogP contribution in [0.15, 0.2) is 0 Å². The van der Waals surface area contributed by atoms with E-state index in [1.165, 1.54) is 0 Å². The van der Waals surface area contributed by atoms with Crippen LogP contribution in [0.3, 0.4) is 0 Å². The summed E-state index contributed by atoms with van der Waals surface area (Å²) in [5.41, 5.74) is 5.51. The smallest absolute Gasteiger partial charge is 0.350 e. The predicted molar refractivity (Wildman–Crippen MR) is 68.7 cm³/mol. The Bertz CT molecular complexity index is 408. The van der Waals surface area contributed by atoms with Gasteiger partial charge in [-0.15, -0.1) is 0 Å². The van der Waals surface area contributed by atoms with Crippen LogP contribution in [0.1, 0.15) is 19.8 Å². The van der Waals surface area contributed by atoms with E-state index in [1.807, 2.05) is 11.8 Å². The molecule has 0 saturated carbocycles. The Morgan fingerprint density at radius 3 is 2.21 bits per heavy atom. The minimum atomic E-state index is -4.49. The predicted octanol–water partition coefficient (Wildman–Crippen LogP) is 0.261. The summed E-state index contributed by atoms with van der Waals surface area (Å²) in [5.74, 6) is -3.34. The number of rotatable bonds is 6. The summed E-state index contributed by atoms with van der Waals surface area (Å²) in [6.45, 7) is 2.63. The summed E-state index contributed by atoms with van der Waals surface area (Å²) in [6.07, 6.45) is 1.55. The quantitative estimate of drug-likeness (QED) is 0.544. The van der Waals surface area contributed by atoms with E-state index in [1.54, 1.807) is 0 Å². The third-order valence-electron chi connectivity index (χ3n) is 3.22. The van der Waals surface area contributed by atoms with E-state index >= 15 is 0 Å². The van der Waals surface area contributed by atoms with Gasteiger partial charge in [0, 0.05) is 26.2 Å². The van der Waals surface area contributed by atoms with Crippen molar-refractivity contribution >= 4 is 15.9 Å². The molecule has 1 fully saturated rings. The van der Waals surface area contributed by atoms with Gasteiger partial charge in [-0.3, -0.25) is 10.3 Å². The molecule has 1 unspecified atom stereocenters. The van der Waals surface area contributed by atoms with E-state index in [0.717, 1.165) is 10.7 Å². The first-order chi connectivity index (χ1) is 8.80. The van der Waals surface area contributed by atoms with Gasteiger partial charge in [-0.25, -0.2) is 8.42 Å². The summed E-state index contributed by atoms with van der Waals surface area (Å²) in [6, 6.07) is -0.235. The molecule has 1 rings (SSSR count). The molecule has 112 valence electrons. The second-order valence-corrected chi connectivity index (χ2v) is 6.40. The van der Waals surface area contributed by atoms with Gasteiger partial charge < -0.3 is 5.73 Å². The lowest BCUT2D eigenvalue weighted by Crippen LogP contribution is -2.55. The van der Waals surface area contributed by atoms with Crippen LogP contribution in [0.4, 0.5) is 8.78 Å². The van der Waals surface area contributed by atoms with Crippen molar-refractivity contribution in [2.45, 2.75) is 31.6 Å². The molecule has 0 aliphatic carbocycles. The Morgan fingerprint density at radius 2 is 1.84 bits per heavy atom. The molecule has 1 saturated heterocycles. The Labute approximate surface area is 112 Å². The van der Waals surface area contributed by atoms with Crippen LogP contribution in [0.2, 0.25) is 0 Å². The monoisotopic (exact) mass is 298 g/mol. The number of nitrogens with zero attached hydrogens (tertiary/aromatic N) is 2. The van der Waals surface area contributed by atoms with Gasteiger partial charge in [-0.05, 0) is 6.42 Å². The van der Waals surface area contributed by atoms with E-state index in [4.69, 9.17) is 11.1 Å².